The average molecular weight is 265 g/mol. The van der Waals surface area contributed by atoms with Crippen molar-refractivity contribution in [1.29, 1.82) is 0 Å². The van der Waals surface area contributed by atoms with Crippen molar-refractivity contribution in [2.75, 3.05) is 26.7 Å². The fourth-order valence-corrected chi connectivity index (χ4v) is 2.61. The van der Waals surface area contributed by atoms with Crippen LogP contribution in [0.4, 0.5) is 0 Å². The summed E-state index contributed by atoms with van der Waals surface area (Å²) in [5.41, 5.74) is -0.0462. The Morgan fingerprint density at radius 1 is 1.47 bits per heavy atom. The lowest BCUT2D eigenvalue weighted by Gasteiger charge is -2.41. The highest BCUT2D eigenvalue weighted by Gasteiger charge is 2.41. The van der Waals surface area contributed by atoms with Crippen molar-refractivity contribution >= 4 is 11.9 Å². The number of likely N-dealkylation sites (N-methyl/N-ethyl adjacent to an activating group) is 1. The molecule has 8 heteroatoms. The number of carboxylic acids is 1. The molecular weight excluding hydrogens is 250 g/mol. The van der Waals surface area contributed by atoms with Gasteiger partial charge in [0.1, 0.15) is 0 Å². The largest absolute Gasteiger partial charge is 0.476 e. The lowest BCUT2D eigenvalue weighted by Crippen LogP contribution is -2.55. The van der Waals surface area contributed by atoms with E-state index in [1.54, 1.807) is 9.58 Å². The van der Waals surface area contributed by atoms with Crippen molar-refractivity contribution in [3.8, 4) is 0 Å². The minimum absolute atomic E-state index is 0.0243. The Morgan fingerprint density at radius 2 is 2.21 bits per heavy atom. The fraction of sp³-hybridized carbons (Fsp3) is 0.636. The third-order valence-electron chi connectivity index (χ3n) is 3.83. The van der Waals surface area contributed by atoms with Crippen LogP contribution in [0.3, 0.4) is 0 Å². The standard InChI is InChI=1S/C11H15N5O3/c1-14-3-2-9(10(14)17)15-4-7(5-15)16-6-8(11(18)19)12-13-16/h6-7,9H,2-5H2,1H3,(H,18,19). The van der Waals surface area contributed by atoms with E-state index in [0.717, 1.165) is 13.0 Å². The zero-order valence-electron chi connectivity index (χ0n) is 10.6. The van der Waals surface area contributed by atoms with Gasteiger partial charge < -0.3 is 10.0 Å². The molecule has 1 unspecified atom stereocenters. The fourth-order valence-electron chi connectivity index (χ4n) is 2.61. The molecule has 3 rings (SSSR count). The van der Waals surface area contributed by atoms with Crippen molar-refractivity contribution in [1.82, 2.24) is 24.8 Å². The van der Waals surface area contributed by atoms with Crippen molar-refractivity contribution in [2.45, 2.75) is 18.5 Å². The van der Waals surface area contributed by atoms with E-state index in [2.05, 4.69) is 15.2 Å². The molecule has 0 aliphatic carbocycles. The van der Waals surface area contributed by atoms with E-state index in [4.69, 9.17) is 5.11 Å². The van der Waals surface area contributed by atoms with Crippen LogP contribution in [0.1, 0.15) is 23.0 Å². The van der Waals surface area contributed by atoms with Crippen LogP contribution in [0.15, 0.2) is 6.20 Å². The van der Waals surface area contributed by atoms with Gasteiger partial charge >= 0.3 is 5.97 Å². The van der Waals surface area contributed by atoms with Crippen molar-refractivity contribution in [3.05, 3.63) is 11.9 Å². The zero-order chi connectivity index (χ0) is 13.6. The van der Waals surface area contributed by atoms with Crippen LogP contribution >= 0.6 is 0 Å². The molecule has 1 aromatic heterocycles. The van der Waals surface area contributed by atoms with Crippen molar-refractivity contribution < 1.29 is 14.7 Å². The third kappa shape index (κ3) is 1.97. The Labute approximate surface area is 109 Å². The number of aromatic carboxylic acids is 1. The molecule has 102 valence electrons. The van der Waals surface area contributed by atoms with Crippen LogP contribution in [0.25, 0.3) is 0 Å². The molecule has 1 atom stereocenters. The van der Waals surface area contributed by atoms with Gasteiger partial charge in [-0.2, -0.15) is 0 Å². The van der Waals surface area contributed by atoms with Crippen LogP contribution < -0.4 is 0 Å². The molecule has 0 bridgehead atoms. The summed E-state index contributed by atoms with van der Waals surface area (Å²) < 4.78 is 1.57. The maximum Gasteiger partial charge on any atom is 0.358 e. The summed E-state index contributed by atoms with van der Waals surface area (Å²) in [5, 5.41) is 16.2. The molecule has 0 radical (unpaired) electrons. The highest BCUT2D eigenvalue weighted by molar-refractivity contribution is 5.84. The zero-order valence-corrected chi connectivity index (χ0v) is 10.6. The highest BCUT2D eigenvalue weighted by Crippen LogP contribution is 2.27. The Balaban J connectivity index is 1.60. The molecule has 2 aliphatic heterocycles. The minimum Gasteiger partial charge on any atom is -0.476 e. The van der Waals surface area contributed by atoms with Crippen molar-refractivity contribution in [2.24, 2.45) is 0 Å². The topological polar surface area (TPSA) is 91.6 Å². The van der Waals surface area contributed by atoms with E-state index in [1.165, 1.54) is 6.20 Å². The second-order valence-corrected chi connectivity index (χ2v) is 5.06. The Hall–Kier alpha value is -1.96. The molecule has 0 spiro atoms. The van der Waals surface area contributed by atoms with Gasteiger partial charge in [0, 0.05) is 26.7 Å². The number of amides is 1. The molecule has 2 aliphatic rings. The van der Waals surface area contributed by atoms with Gasteiger partial charge in [0.25, 0.3) is 0 Å². The predicted octanol–water partition coefficient (Wildman–Crippen LogP) is -0.936. The molecular formula is C11H15N5O3. The number of carbonyl (C=O) groups is 2. The van der Waals surface area contributed by atoms with Crippen LogP contribution in [0, 0.1) is 0 Å². The third-order valence-corrected chi connectivity index (χ3v) is 3.83. The van der Waals surface area contributed by atoms with Gasteiger partial charge in [-0.3, -0.25) is 9.69 Å². The Bertz CT molecular complexity index is 522. The number of aromatic nitrogens is 3. The second-order valence-electron chi connectivity index (χ2n) is 5.06. The van der Waals surface area contributed by atoms with E-state index in [9.17, 15) is 9.59 Å². The number of likely N-dealkylation sites (tertiary alicyclic amines) is 2. The summed E-state index contributed by atoms with van der Waals surface area (Å²) in [7, 11) is 1.82. The normalized spacial score (nSPS) is 24.8. The molecule has 19 heavy (non-hydrogen) atoms. The first-order valence-corrected chi connectivity index (χ1v) is 6.20. The van der Waals surface area contributed by atoms with Gasteiger partial charge in [0.05, 0.1) is 18.3 Å². The number of carbonyl (C=O) groups excluding carboxylic acids is 1. The molecule has 0 aromatic carbocycles. The first-order valence-electron chi connectivity index (χ1n) is 6.20. The summed E-state index contributed by atoms with van der Waals surface area (Å²) in [6.45, 7) is 2.23. The number of carboxylic acid groups (broad SMARTS) is 1. The van der Waals surface area contributed by atoms with E-state index >= 15 is 0 Å². The monoisotopic (exact) mass is 265 g/mol. The first kappa shape index (κ1) is 12.1. The Kier molecular flexibility index (Phi) is 2.74. The number of hydrogen-bond donors (Lipinski definition) is 1. The summed E-state index contributed by atoms with van der Waals surface area (Å²) in [5.74, 6) is -0.904. The molecule has 2 fully saturated rings. The number of rotatable bonds is 3. The summed E-state index contributed by atoms with van der Waals surface area (Å²) in [4.78, 5) is 26.4. The van der Waals surface area contributed by atoms with Gasteiger partial charge in [-0.25, -0.2) is 9.48 Å². The van der Waals surface area contributed by atoms with Crippen molar-refractivity contribution in [3.63, 3.8) is 0 Å². The van der Waals surface area contributed by atoms with Gasteiger partial charge in [0.2, 0.25) is 5.91 Å². The quantitative estimate of drug-likeness (QED) is 0.758. The van der Waals surface area contributed by atoms with Gasteiger partial charge in [-0.15, -0.1) is 5.10 Å². The maximum absolute atomic E-state index is 11.8. The molecule has 1 N–H and O–H groups in total. The van der Waals surface area contributed by atoms with Crippen LogP contribution in [0.2, 0.25) is 0 Å². The number of hydrogen-bond acceptors (Lipinski definition) is 5. The van der Waals surface area contributed by atoms with Gasteiger partial charge in [0.15, 0.2) is 5.69 Å². The number of nitrogens with zero attached hydrogens (tertiary/aromatic N) is 5. The molecule has 3 heterocycles. The molecule has 8 nitrogen and oxygen atoms in total. The summed E-state index contributed by atoms with van der Waals surface area (Å²) in [6.07, 6.45) is 2.30. The SMILES string of the molecule is CN1CCC(N2CC(n3cc(C(=O)O)nn3)C2)C1=O. The van der Waals surface area contributed by atoms with E-state index in [1.807, 2.05) is 7.05 Å². The summed E-state index contributed by atoms with van der Waals surface area (Å²) >= 11 is 0. The van der Waals surface area contributed by atoms with Crippen LogP contribution in [-0.2, 0) is 4.79 Å². The van der Waals surface area contributed by atoms with E-state index < -0.39 is 5.97 Å². The van der Waals surface area contributed by atoms with Gasteiger partial charge in [-0.05, 0) is 6.42 Å². The van der Waals surface area contributed by atoms with Crippen LogP contribution in [0.5, 0.6) is 0 Å². The van der Waals surface area contributed by atoms with E-state index in [-0.39, 0.29) is 23.7 Å². The Morgan fingerprint density at radius 3 is 2.74 bits per heavy atom. The second kappa shape index (κ2) is 4.30. The predicted molar refractivity (Wildman–Crippen MR) is 63.6 cm³/mol. The van der Waals surface area contributed by atoms with Gasteiger partial charge in [-0.1, -0.05) is 5.21 Å². The molecule has 1 aromatic rings. The smallest absolute Gasteiger partial charge is 0.358 e. The van der Waals surface area contributed by atoms with E-state index in [0.29, 0.717) is 13.1 Å². The highest BCUT2D eigenvalue weighted by atomic mass is 16.4. The lowest BCUT2D eigenvalue weighted by molar-refractivity contribution is -0.133. The van der Waals surface area contributed by atoms with Crippen LogP contribution in [-0.4, -0.2) is 74.5 Å². The minimum atomic E-state index is -1.07. The molecule has 2 saturated heterocycles. The lowest BCUT2D eigenvalue weighted by atomic mass is 10.0. The summed E-state index contributed by atoms with van der Waals surface area (Å²) in [6, 6.07) is 0.0861. The average Bonchev–Trinajstić information content (AvgIpc) is 2.89. The molecule has 1 amide bonds. The maximum atomic E-state index is 11.8. The first-order chi connectivity index (χ1) is 9.06. The molecule has 0 saturated carbocycles.